The number of ether oxygens (including phenoxy) is 1. The number of amides is 1. The minimum Gasteiger partial charge on any atom is -0.493 e. The van der Waals surface area contributed by atoms with Crippen LogP contribution in [0.15, 0.2) is 69.9 Å². The summed E-state index contributed by atoms with van der Waals surface area (Å²) in [5.74, 6) is 0.497. The van der Waals surface area contributed by atoms with Gasteiger partial charge in [0, 0.05) is 24.2 Å². The molecule has 30 heavy (non-hydrogen) atoms. The Hall–Kier alpha value is -3.45. The zero-order chi connectivity index (χ0) is 21.5. The SMILES string of the molecule is Cc1cc(=O)oc(C)c1C(=O)NC(=S)Nc1cccc(OCCc2ccccc2)c1. The highest BCUT2D eigenvalue weighted by molar-refractivity contribution is 7.80. The Morgan fingerprint density at radius 1 is 1.07 bits per heavy atom. The third-order valence-electron chi connectivity index (χ3n) is 4.38. The molecule has 0 saturated heterocycles. The molecule has 154 valence electrons. The number of benzene rings is 2. The molecule has 1 aromatic heterocycles. The monoisotopic (exact) mass is 422 g/mol. The molecule has 6 nitrogen and oxygen atoms in total. The third kappa shape index (κ3) is 5.78. The van der Waals surface area contributed by atoms with E-state index in [9.17, 15) is 9.59 Å². The summed E-state index contributed by atoms with van der Waals surface area (Å²) in [7, 11) is 0. The van der Waals surface area contributed by atoms with Crippen LogP contribution in [0.3, 0.4) is 0 Å². The molecule has 3 rings (SSSR count). The van der Waals surface area contributed by atoms with Crippen molar-refractivity contribution in [2.24, 2.45) is 0 Å². The van der Waals surface area contributed by atoms with Crippen molar-refractivity contribution in [1.29, 1.82) is 0 Å². The van der Waals surface area contributed by atoms with Gasteiger partial charge in [-0.3, -0.25) is 10.1 Å². The molecule has 0 spiro atoms. The van der Waals surface area contributed by atoms with E-state index in [4.69, 9.17) is 21.4 Å². The smallest absolute Gasteiger partial charge is 0.336 e. The van der Waals surface area contributed by atoms with E-state index in [1.165, 1.54) is 11.6 Å². The molecule has 0 bridgehead atoms. The zero-order valence-corrected chi connectivity index (χ0v) is 17.5. The lowest BCUT2D eigenvalue weighted by atomic mass is 10.1. The third-order valence-corrected chi connectivity index (χ3v) is 4.59. The normalized spacial score (nSPS) is 10.3. The lowest BCUT2D eigenvalue weighted by Gasteiger charge is -2.13. The summed E-state index contributed by atoms with van der Waals surface area (Å²) in [5.41, 5.74) is 2.21. The highest BCUT2D eigenvalue weighted by atomic mass is 32.1. The fraction of sp³-hybridized carbons (Fsp3) is 0.174. The van der Waals surface area contributed by atoms with Crippen LogP contribution in [0.4, 0.5) is 5.69 Å². The summed E-state index contributed by atoms with van der Waals surface area (Å²) in [5, 5.41) is 5.71. The van der Waals surface area contributed by atoms with Gasteiger partial charge in [0.25, 0.3) is 5.91 Å². The average molecular weight is 423 g/mol. The Morgan fingerprint density at radius 2 is 1.83 bits per heavy atom. The molecule has 1 amide bonds. The molecule has 0 aliphatic rings. The van der Waals surface area contributed by atoms with Crippen molar-refractivity contribution in [2.75, 3.05) is 11.9 Å². The molecule has 0 atom stereocenters. The van der Waals surface area contributed by atoms with Crippen LogP contribution in [0.5, 0.6) is 5.75 Å². The number of aryl methyl sites for hydroxylation is 2. The van der Waals surface area contributed by atoms with Crippen molar-refractivity contribution >= 4 is 28.9 Å². The van der Waals surface area contributed by atoms with Crippen LogP contribution in [-0.2, 0) is 6.42 Å². The summed E-state index contributed by atoms with van der Waals surface area (Å²) in [6.07, 6.45) is 0.804. The van der Waals surface area contributed by atoms with Crippen molar-refractivity contribution in [3.05, 3.63) is 93.5 Å². The number of carbonyl (C=O) groups excluding carboxylic acids is 1. The predicted molar refractivity (Wildman–Crippen MR) is 120 cm³/mol. The van der Waals surface area contributed by atoms with Gasteiger partial charge < -0.3 is 14.5 Å². The Kier molecular flexibility index (Phi) is 6.98. The number of thiocarbonyl (C=S) groups is 1. The number of hydrogen-bond acceptors (Lipinski definition) is 5. The van der Waals surface area contributed by atoms with E-state index in [2.05, 4.69) is 22.8 Å². The molecular weight excluding hydrogens is 400 g/mol. The first kappa shape index (κ1) is 21.3. The van der Waals surface area contributed by atoms with Gasteiger partial charge in [0.1, 0.15) is 11.5 Å². The molecule has 0 radical (unpaired) electrons. The Morgan fingerprint density at radius 3 is 2.57 bits per heavy atom. The first-order valence-electron chi connectivity index (χ1n) is 9.43. The quantitative estimate of drug-likeness (QED) is 0.585. The molecular formula is C23H22N2O4S. The number of hydrogen-bond donors (Lipinski definition) is 2. The van der Waals surface area contributed by atoms with Gasteiger partial charge in [-0.2, -0.15) is 0 Å². The maximum atomic E-state index is 12.5. The van der Waals surface area contributed by atoms with Crippen LogP contribution in [0.1, 0.15) is 27.2 Å². The summed E-state index contributed by atoms with van der Waals surface area (Å²) in [6, 6.07) is 18.7. The molecule has 7 heteroatoms. The second kappa shape index (κ2) is 9.84. The van der Waals surface area contributed by atoms with E-state index >= 15 is 0 Å². The molecule has 3 aromatic rings. The summed E-state index contributed by atoms with van der Waals surface area (Å²) < 4.78 is 10.8. The van der Waals surface area contributed by atoms with E-state index in [0.29, 0.717) is 23.6 Å². The van der Waals surface area contributed by atoms with Gasteiger partial charge in [-0.25, -0.2) is 4.79 Å². The van der Waals surface area contributed by atoms with Gasteiger partial charge in [0.2, 0.25) is 0 Å². The topological polar surface area (TPSA) is 80.6 Å². The van der Waals surface area contributed by atoms with E-state index in [1.54, 1.807) is 13.8 Å². The summed E-state index contributed by atoms with van der Waals surface area (Å²) >= 11 is 5.24. The first-order valence-corrected chi connectivity index (χ1v) is 9.83. The molecule has 0 unspecified atom stereocenters. The van der Waals surface area contributed by atoms with Gasteiger partial charge in [-0.05, 0) is 49.3 Å². The molecule has 2 N–H and O–H groups in total. The lowest BCUT2D eigenvalue weighted by molar-refractivity contribution is 0.0973. The van der Waals surface area contributed by atoms with Gasteiger partial charge in [-0.15, -0.1) is 0 Å². The molecule has 0 fully saturated rings. The van der Waals surface area contributed by atoms with E-state index in [0.717, 1.165) is 6.42 Å². The maximum Gasteiger partial charge on any atom is 0.336 e. The van der Waals surface area contributed by atoms with Gasteiger partial charge in [0.05, 0.1) is 12.2 Å². The molecule has 0 saturated carbocycles. The van der Waals surface area contributed by atoms with Crippen LogP contribution in [-0.4, -0.2) is 17.6 Å². The highest BCUT2D eigenvalue weighted by Gasteiger charge is 2.16. The van der Waals surface area contributed by atoms with Gasteiger partial charge in [0.15, 0.2) is 5.11 Å². The van der Waals surface area contributed by atoms with Crippen LogP contribution >= 0.6 is 12.2 Å². The van der Waals surface area contributed by atoms with Crippen LogP contribution in [0.2, 0.25) is 0 Å². The van der Waals surface area contributed by atoms with Gasteiger partial charge in [-0.1, -0.05) is 36.4 Å². The minimum atomic E-state index is -0.494. The Labute approximate surface area is 179 Å². The van der Waals surface area contributed by atoms with Crippen LogP contribution in [0.25, 0.3) is 0 Å². The molecule has 0 aliphatic heterocycles. The van der Waals surface area contributed by atoms with Crippen molar-refractivity contribution in [3.8, 4) is 5.75 Å². The summed E-state index contributed by atoms with van der Waals surface area (Å²) in [4.78, 5) is 23.9. The summed E-state index contributed by atoms with van der Waals surface area (Å²) in [6.45, 7) is 3.79. The second-order valence-electron chi connectivity index (χ2n) is 6.70. The molecule has 0 aliphatic carbocycles. The molecule has 2 aromatic carbocycles. The minimum absolute atomic E-state index is 0.131. The maximum absolute atomic E-state index is 12.5. The van der Waals surface area contributed by atoms with Crippen molar-refractivity contribution in [2.45, 2.75) is 20.3 Å². The number of nitrogens with one attached hydrogen (secondary N) is 2. The predicted octanol–water partition coefficient (Wildman–Crippen LogP) is 4.00. The van der Waals surface area contributed by atoms with Crippen LogP contribution in [0, 0.1) is 13.8 Å². The number of rotatable bonds is 6. The molecule has 1 heterocycles. The van der Waals surface area contributed by atoms with E-state index in [-0.39, 0.29) is 16.4 Å². The Bertz CT molecular complexity index is 1080. The average Bonchev–Trinajstić information content (AvgIpc) is 2.68. The van der Waals surface area contributed by atoms with Crippen LogP contribution < -0.4 is 21.0 Å². The fourth-order valence-corrected chi connectivity index (χ4v) is 3.23. The lowest BCUT2D eigenvalue weighted by Crippen LogP contribution is -2.35. The first-order chi connectivity index (χ1) is 14.4. The van der Waals surface area contributed by atoms with Crippen molar-refractivity contribution in [3.63, 3.8) is 0 Å². The van der Waals surface area contributed by atoms with Gasteiger partial charge >= 0.3 is 5.63 Å². The fourth-order valence-electron chi connectivity index (χ4n) is 3.02. The van der Waals surface area contributed by atoms with E-state index in [1.807, 2.05) is 42.5 Å². The highest BCUT2D eigenvalue weighted by Crippen LogP contribution is 2.18. The zero-order valence-electron chi connectivity index (χ0n) is 16.7. The van der Waals surface area contributed by atoms with E-state index < -0.39 is 11.5 Å². The second-order valence-corrected chi connectivity index (χ2v) is 7.11. The Balaban J connectivity index is 1.57. The van der Waals surface area contributed by atoms with Crippen molar-refractivity contribution < 1.29 is 13.9 Å². The number of carbonyl (C=O) groups is 1. The van der Waals surface area contributed by atoms with Crippen molar-refractivity contribution in [1.82, 2.24) is 5.32 Å². The largest absolute Gasteiger partial charge is 0.493 e. The standard InChI is InChI=1S/C23H22N2O4S/c1-15-13-20(26)29-16(2)21(15)22(27)25-23(30)24-18-9-6-10-19(14-18)28-12-11-17-7-4-3-5-8-17/h3-10,13-14H,11-12H2,1-2H3,(H2,24,25,27,30). The number of anilines is 1.